The van der Waals surface area contributed by atoms with E-state index in [0.29, 0.717) is 12.8 Å². The molecule has 1 heterocycles. The average molecular weight is 174 g/mol. The molecule has 0 unspecified atom stereocenters. The molecular weight excluding hydrogens is 168 g/mol. The number of thioether (sulfide) groups is 1. The summed E-state index contributed by atoms with van der Waals surface area (Å²) < 4.78 is 0. The molecule has 2 atom stereocenters. The minimum absolute atomic E-state index is 0.367. The molecule has 0 aromatic heterocycles. The third-order valence-electron chi connectivity index (χ3n) is 1.55. The summed E-state index contributed by atoms with van der Waals surface area (Å²) in [6.45, 7) is 0. The van der Waals surface area contributed by atoms with Crippen molar-refractivity contribution in [3.05, 3.63) is 0 Å². The number of carbonyl (C=O) groups excluding carboxylic acids is 2. The highest BCUT2D eigenvalue weighted by Crippen LogP contribution is 2.32. The zero-order valence-corrected chi connectivity index (χ0v) is 6.43. The molecule has 0 aliphatic carbocycles. The molecule has 11 heavy (non-hydrogen) atoms. The van der Waals surface area contributed by atoms with E-state index in [9.17, 15) is 19.8 Å². The minimum Gasteiger partial charge on any atom is -0.549 e. The van der Waals surface area contributed by atoms with E-state index < -0.39 is 22.4 Å². The lowest BCUT2D eigenvalue weighted by molar-refractivity contribution is -0.306. The third-order valence-corrected chi connectivity index (χ3v) is 3.06. The van der Waals surface area contributed by atoms with E-state index in [1.54, 1.807) is 0 Å². The maximum atomic E-state index is 10.2. The fraction of sp³-hybridized carbons (Fsp3) is 0.667. The zero-order chi connectivity index (χ0) is 8.43. The molecule has 1 aliphatic rings. The summed E-state index contributed by atoms with van der Waals surface area (Å²) in [5.74, 6) is -2.36. The highest BCUT2D eigenvalue weighted by molar-refractivity contribution is 8.02. The maximum Gasteiger partial charge on any atom is 0.0544 e. The van der Waals surface area contributed by atoms with E-state index in [-0.39, 0.29) is 0 Å². The van der Waals surface area contributed by atoms with Crippen LogP contribution in [0.2, 0.25) is 0 Å². The van der Waals surface area contributed by atoms with Crippen LogP contribution in [-0.4, -0.2) is 22.4 Å². The Morgan fingerprint density at radius 3 is 1.64 bits per heavy atom. The topological polar surface area (TPSA) is 80.3 Å². The van der Waals surface area contributed by atoms with Crippen molar-refractivity contribution in [2.24, 2.45) is 0 Å². The first kappa shape index (κ1) is 8.39. The molecule has 0 amide bonds. The van der Waals surface area contributed by atoms with E-state index in [1.165, 1.54) is 0 Å². The van der Waals surface area contributed by atoms with Gasteiger partial charge in [-0.15, -0.1) is 11.8 Å². The van der Waals surface area contributed by atoms with Crippen molar-refractivity contribution < 1.29 is 19.8 Å². The number of rotatable bonds is 2. The van der Waals surface area contributed by atoms with Crippen LogP contribution in [0.3, 0.4) is 0 Å². The number of carbonyl (C=O) groups is 2. The highest BCUT2D eigenvalue weighted by Gasteiger charge is 2.26. The van der Waals surface area contributed by atoms with Gasteiger partial charge in [-0.1, -0.05) is 0 Å². The van der Waals surface area contributed by atoms with Crippen LogP contribution in [0.25, 0.3) is 0 Å². The summed E-state index contributed by atoms with van der Waals surface area (Å²) in [4.78, 5) is 20.4. The van der Waals surface area contributed by atoms with Crippen molar-refractivity contribution in [2.45, 2.75) is 23.3 Å². The molecular formula is C6H6O4S-2. The van der Waals surface area contributed by atoms with Gasteiger partial charge in [0.2, 0.25) is 0 Å². The molecule has 1 fully saturated rings. The molecule has 0 spiro atoms. The summed E-state index contributed by atoms with van der Waals surface area (Å²) in [5, 5.41) is 19.1. The third kappa shape index (κ3) is 1.86. The molecule has 1 saturated heterocycles. The molecule has 0 aromatic rings. The van der Waals surface area contributed by atoms with Crippen LogP contribution in [0.4, 0.5) is 0 Å². The number of carboxylic acid groups (broad SMARTS) is 2. The number of hydrogen-bond acceptors (Lipinski definition) is 5. The van der Waals surface area contributed by atoms with E-state index in [1.807, 2.05) is 0 Å². The normalized spacial score (nSPS) is 30.2. The first-order chi connectivity index (χ1) is 5.11. The molecule has 4 nitrogen and oxygen atoms in total. The van der Waals surface area contributed by atoms with Crippen molar-refractivity contribution in [2.75, 3.05) is 0 Å². The summed E-state index contributed by atoms with van der Waals surface area (Å²) in [6, 6.07) is 0. The fourth-order valence-corrected chi connectivity index (χ4v) is 2.15. The van der Waals surface area contributed by atoms with Crippen molar-refractivity contribution in [1.29, 1.82) is 0 Å². The van der Waals surface area contributed by atoms with Crippen LogP contribution < -0.4 is 10.2 Å². The molecule has 1 aliphatic heterocycles. The van der Waals surface area contributed by atoms with Crippen LogP contribution in [0.15, 0.2) is 0 Å². The lowest BCUT2D eigenvalue weighted by atomic mass is 10.2. The Kier molecular flexibility index (Phi) is 2.38. The van der Waals surface area contributed by atoms with Crippen LogP contribution in [0.5, 0.6) is 0 Å². The van der Waals surface area contributed by atoms with E-state index in [0.717, 1.165) is 11.8 Å². The second kappa shape index (κ2) is 3.13. The maximum absolute atomic E-state index is 10.2. The van der Waals surface area contributed by atoms with Gasteiger partial charge >= 0.3 is 0 Å². The Bertz CT molecular complexity index is 171. The molecule has 0 saturated carbocycles. The number of carboxylic acids is 2. The van der Waals surface area contributed by atoms with E-state index in [2.05, 4.69) is 0 Å². The Hall–Kier alpha value is -0.710. The van der Waals surface area contributed by atoms with E-state index >= 15 is 0 Å². The molecule has 0 radical (unpaired) electrons. The summed E-state index contributed by atoms with van der Waals surface area (Å²) in [6.07, 6.45) is 0.733. The fourth-order valence-electron chi connectivity index (χ4n) is 0.984. The Morgan fingerprint density at radius 2 is 1.45 bits per heavy atom. The highest BCUT2D eigenvalue weighted by atomic mass is 32.2. The van der Waals surface area contributed by atoms with Gasteiger partial charge in [0.05, 0.1) is 11.9 Å². The second-order valence-corrected chi connectivity index (χ2v) is 3.74. The van der Waals surface area contributed by atoms with Gasteiger partial charge in [-0.05, 0) is 12.8 Å². The zero-order valence-electron chi connectivity index (χ0n) is 5.61. The lowest BCUT2D eigenvalue weighted by Crippen LogP contribution is -2.34. The predicted octanol–water partition coefficient (Wildman–Crippen LogP) is -2.25. The van der Waals surface area contributed by atoms with Gasteiger partial charge in [0.25, 0.3) is 0 Å². The first-order valence-corrected chi connectivity index (χ1v) is 4.12. The van der Waals surface area contributed by atoms with Crippen molar-refractivity contribution >= 4 is 23.7 Å². The molecule has 1 rings (SSSR count). The Morgan fingerprint density at radius 1 is 1.09 bits per heavy atom. The quantitative estimate of drug-likeness (QED) is 0.472. The number of hydrogen-bond donors (Lipinski definition) is 0. The van der Waals surface area contributed by atoms with Crippen LogP contribution in [0, 0.1) is 0 Å². The van der Waals surface area contributed by atoms with Crippen molar-refractivity contribution in [3.63, 3.8) is 0 Å². The smallest absolute Gasteiger partial charge is 0.0544 e. The molecule has 62 valence electrons. The lowest BCUT2D eigenvalue weighted by Gasteiger charge is -2.12. The molecule has 0 N–H and O–H groups in total. The van der Waals surface area contributed by atoms with Gasteiger partial charge in [0.15, 0.2) is 0 Å². The number of aliphatic carboxylic acids is 2. The van der Waals surface area contributed by atoms with Gasteiger partial charge in [-0.2, -0.15) is 0 Å². The second-order valence-electron chi connectivity index (χ2n) is 2.33. The minimum atomic E-state index is -1.18. The SMILES string of the molecule is O=C([O-])[C@H]1CC[C@H](C(=O)[O-])S1. The molecule has 0 bridgehead atoms. The van der Waals surface area contributed by atoms with E-state index in [4.69, 9.17) is 0 Å². The largest absolute Gasteiger partial charge is 0.549 e. The monoisotopic (exact) mass is 174 g/mol. The Labute approximate surface area is 67.6 Å². The molecule has 5 heteroatoms. The first-order valence-electron chi connectivity index (χ1n) is 3.18. The summed E-state index contributed by atoms with van der Waals surface area (Å²) in [7, 11) is 0. The van der Waals surface area contributed by atoms with Gasteiger partial charge < -0.3 is 19.8 Å². The van der Waals surface area contributed by atoms with Crippen LogP contribution >= 0.6 is 11.8 Å². The van der Waals surface area contributed by atoms with Gasteiger partial charge in [-0.25, -0.2) is 0 Å². The summed E-state index contributed by atoms with van der Waals surface area (Å²) >= 11 is 0.903. The standard InChI is InChI=1S/C6H8O4S/c7-5(8)3-1-2-4(11-3)6(9)10/h3-4H,1-2H2,(H,7,8)(H,9,10)/p-2/t3-,4-/m1/s1. The van der Waals surface area contributed by atoms with Crippen molar-refractivity contribution in [3.8, 4) is 0 Å². The van der Waals surface area contributed by atoms with Crippen LogP contribution in [0.1, 0.15) is 12.8 Å². The van der Waals surface area contributed by atoms with Crippen LogP contribution in [-0.2, 0) is 9.59 Å². The van der Waals surface area contributed by atoms with Gasteiger partial charge in [0.1, 0.15) is 0 Å². The average Bonchev–Trinajstić information content (AvgIpc) is 2.33. The predicted molar refractivity (Wildman–Crippen MR) is 34.4 cm³/mol. The summed E-state index contributed by atoms with van der Waals surface area (Å²) in [5.41, 5.74) is 0. The van der Waals surface area contributed by atoms with Crippen molar-refractivity contribution in [1.82, 2.24) is 0 Å². The van der Waals surface area contributed by atoms with Gasteiger partial charge in [-0.3, -0.25) is 0 Å². The Balaban J connectivity index is 2.47. The van der Waals surface area contributed by atoms with Gasteiger partial charge in [0, 0.05) is 10.5 Å². The molecule has 0 aromatic carbocycles.